The first kappa shape index (κ1) is 14.8. The van der Waals surface area contributed by atoms with E-state index in [0.717, 1.165) is 0 Å². The van der Waals surface area contributed by atoms with Gasteiger partial charge in [0.25, 0.3) is 0 Å². The molecule has 0 aromatic carbocycles. The quantitative estimate of drug-likeness (QED) is 0.604. The molecule has 0 radical (unpaired) electrons. The molecule has 0 aliphatic carbocycles. The van der Waals surface area contributed by atoms with Crippen LogP contribution in [0.5, 0.6) is 0 Å². The predicted octanol–water partition coefficient (Wildman–Crippen LogP) is 4.51. The lowest BCUT2D eigenvalue weighted by molar-refractivity contribution is 0.271. The first-order chi connectivity index (χ1) is 7.63. The number of pyridine rings is 1. The van der Waals surface area contributed by atoms with Crippen LogP contribution in [-0.2, 0) is 11.0 Å². The smallest absolute Gasteiger partial charge is 0.192 e. The normalized spacial score (nSPS) is 12.9. The van der Waals surface area contributed by atoms with Crippen LogP contribution in [0, 0.1) is 5.82 Å². The highest BCUT2D eigenvalue weighted by Gasteiger charge is 2.37. The fourth-order valence-electron chi connectivity index (χ4n) is 1.04. The molecule has 0 atom stereocenters. The molecule has 0 saturated heterocycles. The fourth-order valence-corrected chi connectivity index (χ4v) is 2.36. The van der Waals surface area contributed by atoms with Crippen LogP contribution in [0.15, 0.2) is 16.9 Å². The van der Waals surface area contributed by atoms with Gasteiger partial charge in [0.15, 0.2) is 8.32 Å². The van der Waals surface area contributed by atoms with E-state index >= 15 is 0 Å². The third-order valence-electron chi connectivity index (χ3n) is 3.30. The van der Waals surface area contributed by atoms with E-state index in [9.17, 15) is 4.39 Å². The highest BCUT2D eigenvalue weighted by Crippen LogP contribution is 2.37. The average Bonchev–Trinajstić information content (AvgIpc) is 2.18. The summed E-state index contributed by atoms with van der Waals surface area (Å²) in [6.45, 7) is 11.1. The van der Waals surface area contributed by atoms with Crippen LogP contribution in [0.2, 0.25) is 18.1 Å². The van der Waals surface area contributed by atoms with Crippen molar-refractivity contribution in [1.82, 2.24) is 4.98 Å². The van der Waals surface area contributed by atoms with Crippen molar-refractivity contribution in [2.75, 3.05) is 0 Å². The zero-order valence-corrected chi connectivity index (χ0v) is 13.6. The lowest BCUT2D eigenvalue weighted by Gasteiger charge is -2.36. The van der Waals surface area contributed by atoms with E-state index in [4.69, 9.17) is 4.43 Å². The summed E-state index contributed by atoms with van der Waals surface area (Å²) >= 11 is 3.23. The number of hydrogen-bond acceptors (Lipinski definition) is 2. The molecule has 96 valence electrons. The molecule has 5 heteroatoms. The maximum atomic E-state index is 13.5. The minimum absolute atomic E-state index is 0.133. The van der Waals surface area contributed by atoms with Crippen molar-refractivity contribution in [2.24, 2.45) is 0 Å². The molecule has 0 spiro atoms. The Morgan fingerprint density at radius 2 is 2.00 bits per heavy atom. The number of rotatable bonds is 3. The summed E-state index contributed by atoms with van der Waals surface area (Å²) in [5.41, 5.74) is 0.553. The zero-order valence-electron chi connectivity index (χ0n) is 11.0. The van der Waals surface area contributed by atoms with Gasteiger partial charge in [0.05, 0.1) is 12.8 Å². The Balaban J connectivity index is 2.77. The van der Waals surface area contributed by atoms with E-state index in [2.05, 4.69) is 54.8 Å². The molecular formula is C12H19BrFNOSi. The maximum absolute atomic E-state index is 13.5. The number of aromatic nitrogens is 1. The topological polar surface area (TPSA) is 22.1 Å². The second kappa shape index (κ2) is 5.16. The second-order valence-electron chi connectivity index (χ2n) is 5.65. The Morgan fingerprint density at radius 3 is 2.53 bits per heavy atom. The first-order valence-corrected chi connectivity index (χ1v) is 9.27. The lowest BCUT2D eigenvalue weighted by atomic mass is 10.2. The standard InChI is InChI=1S/C12H19BrFNOSi/c1-12(2,3)17(4,5)16-8-9-6-11(13)15-7-10(9)14/h6-7H,8H2,1-5H3. The fraction of sp³-hybridized carbons (Fsp3) is 0.583. The van der Waals surface area contributed by atoms with Crippen LogP contribution >= 0.6 is 15.9 Å². The van der Waals surface area contributed by atoms with Crippen molar-refractivity contribution >= 4 is 24.2 Å². The van der Waals surface area contributed by atoms with Crippen LogP contribution in [0.4, 0.5) is 4.39 Å². The molecule has 1 heterocycles. The lowest BCUT2D eigenvalue weighted by Crippen LogP contribution is -2.40. The minimum atomic E-state index is -1.83. The molecule has 0 bridgehead atoms. The Labute approximate surface area is 112 Å². The van der Waals surface area contributed by atoms with Gasteiger partial charge in [-0.1, -0.05) is 20.8 Å². The van der Waals surface area contributed by atoms with E-state index in [0.29, 0.717) is 16.8 Å². The molecule has 0 aliphatic heterocycles. The highest BCUT2D eigenvalue weighted by atomic mass is 79.9. The molecule has 1 aromatic heterocycles. The van der Waals surface area contributed by atoms with Gasteiger partial charge >= 0.3 is 0 Å². The molecule has 0 fully saturated rings. The molecule has 17 heavy (non-hydrogen) atoms. The average molecular weight is 320 g/mol. The van der Waals surface area contributed by atoms with Crippen LogP contribution in [0.25, 0.3) is 0 Å². The molecule has 0 saturated carbocycles. The monoisotopic (exact) mass is 319 g/mol. The highest BCUT2D eigenvalue weighted by molar-refractivity contribution is 9.10. The number of nitrogens with zero attached hydrogens (tertiary/aromatic N) is 1. The van der Waals surface area contributed by atoms with E-state index in [1.165, 1.54) is 6.20 Å². The van der Waals surface area contributed by atoms with E-state index in [-0.39, 0.29) is 10.9 Å². The van der Waals surface area contributed by atoms with Crippen molar-refractivity contribution in [1.29, 1.82) is 0 Å². The van der Waals surface area contributed by atoms with Gasteiger partial charge < -0.3 is 4.43 Å². The van der Waals surface area contributed by atoms with Gasteiger partial charge in [0.1, 0.15) is 10.4 Å². The largest absolute Gasteiger partial charge is 0.412 e. The summed E-state index contributed by atoms with van der Waals surface area (Å²) in [5, 5.41) is 0.133. The second-order valence-corrected chi connectivity index (χ2v) is 11.3. The SMILES string of the molecule is CC(C)(C)[Si](C)(C)OCc1cc(Br)ncc1F. The summed E-state index contributed by atoms with van der Waals surface area (Å²) in [4.78, 5) is 3.83. The molecular weight excluding hydrogens is 301 g/mol. The molecule has 1 rings (SSSR count). The molecule has 0 N–H and O–H groups in total. The number of halogens is 2. The van der Waals surface area contributed by atoms with Gasteiger partial charge in [0.2, 0.25) is 0 Å². The van der Waals surface area contributed by atoms with Crippen molar-refractivity contribution in [3.63, 3.8) is 0 Å². The van der Waals surface area contributed by atoms with Crippen LogP contribution in [0.3, 0.4) is 0 Å². The van der Waals surface area contributed by atoms with Crippen molar-refractivity contribution in [2.45, 2.75) is 45.5 Å². The maximum Gasteiger partial charge on any atom is 0.192 e. The Kier molecular flexibility index (Phi) is 4.49. The molecule has 0 unspecified atom stereocenters. The molecule has 0 aliphatic rings. The van der Waals surface area contributed by atoms with Gasteiger partial charge in [-0.25, -0.2) is 9.37 Å². The van der Waals surface area contributed by atoms with Gasteiger partial charge in [-0.3, -0.25) is 0 Å². The van der Waals surface area contributed by atoms with Gasteiger partial charge in [-0.05, 0) is 40.1 Å². The van der Waals surface area contributed by atoms with Gasteiger partial charge in [-0.15, -0.1) is 0 Å². The Morgan fingerprint density at radius 1 is 1.41 bits per heavy atom. The van der Waals surface area contributed by atoms with Crippen LogP contribution < -0.4 is 0 Å². The van der Waals surface area contributed by atoms with E-state index in [1.54, 1.807) is 6.07 Å². The van der Waals surface area contributed by atoms with Gasteiger partial charge in [-0.2, -0.15) is 0 Å². The summed E-state index contributed by atoms with van der Waals surface area (Å²) in [7, 11) is -1.83. The van der Waals surface area contributed by atoms with Crippen molar-refractivity contribution in [3.05, 3.63) is 28.2 Å². The van der Waals surface area contributed by atoms with Crippen LogP contribution in [-0.4, -0.2) is 13.3 Å². The number of hydrogen-bond donors (Lipinski definition) is 0. The minimum Gasteiger partial charge on any atom is -0.412 e. The first-order valence-electron chi connectivity index (χ1n) is 5.57. The summed E-state index contributed by atoms with van der Waals surface area (Å²) in [5.74, 6) is -0.313. The van der Waals surface area contributed by atoms with Crippen molar-refractivity contribution < 1.29 is 8.82 Å². The predicted molar refractivity (Wildman–Crippen MR) is 73.9 cm³/mol. The Bertz CT molecular complexity index is 404. The molecule has 1 aromatic rings. The third-order valence-corrected chi connectivity index (χ3v) is 8.21. The molecule has 2 nitrogen and oxygen atoms in total. The summed E-state index contributed by atoms with van der Waals surface area (Å²) < 4.78 is 20.1. The molecule has 0 amide bonds. The van der Waals surface area contributed by atoms with Gasteiger partial charge in [0, 0.05) is 5.56 Å². The summed E-state index contributed by atoms with van der Waals surface area (Å²) in [6, 6.07) is 1.67. The summed E-state index contributed by atoms with van der Waals surface area (Å²) in [6.07, 6.45) is 1.22. The Hall–Kier alpha value is -0.263. The van der Waals surface area contributed by atoms with E-state index < -0.39 is 8.32 Å². The van der Waals surface area contributed by atoms with Crippen molar-refractivity contribution in [3.8, 4) is 0 Å². The zero-order chi connectivity index (χ0) is 13.3. The van der Waals surface area contributed by atoms with E-state index in [1.807, 2.05) is 0 Å². The van der Waals surface area contributed by atoms with Crippen LogP contribution in [0.1, 0.15) is 26.3 Å². The third kappa shape index (κ3) is 3.86.